The van der Waals surface area contributed by atoms with Crippen LogP contribution in [0.15, 0.2) is 53.2 Å². The van der Waals surface area contributed by atoms with Gasteiger partial charge in [-0.05, 0) is 30.5 Å². The fraction of sp³-hybridized carbons (Fsp3) is 0.278. The van der Waals surface area contributed by atoms with Crippen LogP contribution in [0, 0.1) is 0 Å². The van der Waals surface area contributed by atoms with Gasteiger partial charge in [0.15, 0.2) is 4.80 Å². The maximum absolute atomic E-state index is 12.3. The van der Waals surface area contributed by atoms with E-state index in [1.165, 1.54) is 11.3 Å². The summed E-state index contributed by atoms with van der Waals surface area (Å²) in [6.45, 7) is 1.63. The molecule has 0 unspecified atom stereocenters. The number of carbonyl (C=O) groups excluding carboxylic acids is 1. The number of benzene rings is 1. The molecular weight excluding hydrogens is 334 g/mol. The van der Waals surface area contributed by atoms with Crippen molar-refractivity contribution in [2.24, 2.45) is 12.0 Å². The van der Waals surface area contributed by atoms with Crippen molar-refractivity contribution in [3.05, 3.63) is 53.0 Å². The fourth-order valence-corrected chi connectivity index (χ4v) is 3.71. The van der Waals surface area contributed by atoms with Crippen molar-refractivity contribution >= 4 is 17.4 Å². The van der Waals surface area contributed by atoms with E-state index in [2.05, 4.69) is 22.2 Å². The molecule has 1 aromatic carbocycles. The molecule has 7 heteroatoms. The lowest BCUT2D eigenvalue weighted by Gasteiger charge is -2.10. The van der Waals surface area contributed by atoms with Crippen LogP contribution in [0.2, 0.25) is 0 Å². The second kappa shape index (κ2) is 6.68. The predicted molar refractivity (Wildman–Crippen MR) is 97.6 cm³/mol. The van der Waals surface area contributed by atoms with Crippen LogP contribution in [0.5, 0.6) is 0 Å². The van der Waals surface area contributed by atoms with Crippen LogP contribution in [0.1, 0.15) is 12.8 Å². The Hall–Kier alpha value is -2.67. The number of nitrogens with zero attached hydrogens (tertiary/aromatic N) is 5. The number of urea groups is 1. The Bertz CT molecular complexity index is 944. The minimum atomic E-state index is -0.138. The molecule has 0 atom stereocenters. The standard InChI is InChI=1S/C18H19N5OS/c1-21-13-15(12-19-21)14-4-6-16(7-5-14)23-10-11-25-18(23)20-17(24)22-8-2-3-9-22/h4-7,10-13H,2-3,8-9H2,1H3. The van der Waals surface area contributed by atoms with Crippen molar-refractivity contribution in [3.8, 4) is 16.8 Å². The molecule has 1 aliphatic heterocycles. The normalized spacial score (nSPS) is 15.1. The number of hydrogen-bond acceptors (Lipinski definition) is 3. The zero-order valence-corrected chi connectivity index (χ0v) is 14.8. The summed E-state index contributed by atoms with van der Waals surface area (Å²) in [7, 11) is 1.91. The van der Waals surface area contributed by atoms with Crippen molar-refractivity contribution < 1.29 is 4.79 Å². The van der Waals surface area contributed by atoms with Crippen LogP contribution in [-0.2, 0) is 7.05 Å². The first kappa shape index (κ1) is 15.8. The topological polar surface area (TPSA) is 55.4 Å². The van der Waals surface area contributed by atoms with Gasteiger partial charge < -0.3 is 4.90 Å². The second-order valence-electron chi connectivity index (χ2n) is 6.09. The van der Waals surface area contributed by atoms with Crippen molar-refractivity contribution in [1.29, 1.82) is 0 Å². The van der Waals surface area contributed by atoms with E-state index in [9.17, 15) is 4.79 Å². The first-order valence-electron chi connectivity index (χ1n) is 8.30. The number of thiazole rings is 1. The number of carbonyl (C=O) groups is 1. The zero-order valence-electron chi connectivity index (χ0n) is 14.0. The Morgan fingerprint density at radius 3 is 2.60 bits per heavy atom. The molecule has 1 fully saturated rings. The van der Waals surface area contributed by atoms with E-state index < -0.39 is 0 Å². The lowest BCUT2D eigenvalue weighted by atomic mass is 10.1. The molecule has 1 saturated heterocycles. The molecule has 3 aromatic rings. The quantitative estimate of drug-likeness (QED) is 0.711. The number of likely N-dealkylation sites (tertiary alicyclic amines) is 1. The second-order valence-corrected chi connectivity index (χ2v) is 6.97. The van der Waals surface area contributed by atoms with Gasteiger partial charge in [-0.25, -0.2) is 4.79 Å². The molecule has 0 saturated carbocycles. The van der Waals surface area contributed by atoms with Crippen LogP contribution in [0.3, 0.4) is 0 Å². The van der Waals surface area contributed by atoms with E-state index in [1.54, 1.807) is 4.68 Å². The Morgan fingerprint density at radius 2 is 1.92 bits per heavy atom. The summed E-state index contributed by atoms with van der Waals surface area (Å²) in [4.78, 5) is 19.1. The van der Waals surface area contributed by atoms with E-state index in [1.807, 2.05) is 52.6 Å². The average Bonchev–Trinajstić information content (AvgIpc) is 3.36. The summed E-state index contributed by atoms with van der Waals surface area (Å²) < 4.78 is 3.74. The summed E-state index contributed by atoms with van der Waals surface area (Å²) in [5.74, 6) is 0. The summed E-state index contributed by atoms with van der Waals surface area (Å²) in [5.41, 5.74) is 3.18. The number of hydrogen-bond donors (Lipinski definition) is 0. The summed E-state index contributed by atoms with van der Waals surface area (Å²) in [5, 5.41) is 6.16. The SMILES string of the molecule is Cn1cc(-c2ccc(-n3ccsc3=NC(=O)N3CCCC3)cc2)cn1. The predicted octanol–water partition coefficient (Wildman–Crippen LogP) is 3.06. The molecule has 3 heterocycles. The minimum Gasteiger partial charge on any atom is -0.323 e. The highest BCUT2D eigenvalue weighted by Gasteiger charge is 2.17. The lowest BCUT2D eigenvalue weighted by molar-refractivity contribution is 0.218. The average molecular weight is 353 g/mol. The van der Waals surface area contributed by atoms with E-state index in [0.29, 0.717) is 4.80 Å². The van der Waals surface area contributed by atoms with Crippen molar-refractivity contribution in [2.75, 3.05) is 13.1 Å². The van der Waals surface area contributed by atoms with E-state index in [-0.39, 0.29) is 6.03 Å². The lowest BCUT2D eigenvalue weighted by Crippen LogP contribution is -2.27. The maximum Gasteiger partial charge on any atom is 0.346 e. The van der Waals surface area contributed by atoms with Gasteiger partial charge in [0.2, 0.25) is 0 Å². The number of amides is 2. The number of aryl methyl sites for hydroxylation is 1. The molecule has 0 radical (unpaired) electrons. The molecule has 25 heavy (non-hydrogen) atoms. The highest BCUT2D eigenvalue weighted by molar-refractivity contribution is 7.07. The first-order chi connectivity index (χ1) is 12.2. The smallest absolute Gasteiger partial charge is 0.323 e. The minimum absolute atomic E-state index is 0.138. The van der Waals surface area contributed by atoms with Crippen LogP contribution >= 0.6 is 11.3 Å². The van der Waals surface area contributed by atoms with Crippen LogP contribution in [-0.4, -0.2) is 38.4 Å². The van der Waals surface area contributed by atoms with Gasteiger partial charge in [-0.1, -0.05) is 12.1 Å². The molecule has 0 aliphatic carbocycles. The van der Waals surface area contributed by atoms with E-state index in [0.717, 1.165) is 42.7 Å². The Balaban J connectivity index is 1.62. The highest BCUT2D eigenvalue weighted by Crippen LogP contribution is 2.20. The van der Waals surface area contributed by atoms with E-state index >= 15 is 0 Å². The molecule has 0 N–H and O–H groups in total. The fourth-order valence-electron chi connectivity index (χ4n) is 3.00. The highest BCUT2D eigenvalue weighted by atomic mass is 32.1. The van der Waals surface area contributed by atoms with Gasteiger partial charge in [-0.3, -0.25) is 9.25 Å². The summed E-state index contributed by atoms with van der Waals surface area (Å²) in [6.07, 6.45) is 7.92. The third-order valence-electron chi connectivity index (χ3n) is 4.34. The Labute approximate surface area is 149 Å². The van der Waals surface area contributed by atoms with Crippen LogP contribution < -0.4 is 4.80 Å². The Kier molecular flexibility index (Phi) is 4.23. The van der Waals surface area contributed by atoms with Crippen LogP contribution in [0.25, 0.3) is 16.8 Å². The van der Waals surface area contributed by atoms with Gasteiger partial charge in [0.25, 0.3) is 0 Å². The monoisotopic (exact) mass is 353 g/mol. The molecule has 1 aliphatic rings. The molecule has 4 rings (SSSR count). The molecule has 128 valence electrons. The largest absolute Gasteiger partial charge is 0.346 e. The van der Waals surface area contributed by atoms with Gasteiger partial charge in [-0.15, -0.1) is 11.3 Å². The zero-order chi connectivity index (χ0) is 17.2. The van der Waals surface area contributed by atoms with Crippen LogP contribution in [0.4, 0.5) is 4.79 Å². The molecule has 0 spiro atoms. The first-order valence-corrected chi connectivity index (χ1v) is 9.18. The Morgan fingerprint density at radius 1 is 1.16 bits per heavy atom. The molecule has 0 bridgehead atoms. The van der Waals surface area contributed by atoms with Crippen molar-refractivity contribution in [1.82, 2.24) is 19.2 Å². The molecule has 2 aromatic heterocycles. The van der Waals surface area contributed by atoms with Gasteiger partial charge >= 0.3 is 6.03 Å². The summed E-state index contributed by atoms with van der Waals surface area (Å²) >= 11 is 1.47. The van der Waals surface area contributed by atoms with Gasteiger partial charge in [-0.2, -0.15) is 10.1 Å². The van der Waals surface area contributed by atoms with Gasteiger partial charge in [0.05, 0.1) is 6.20 Å². The molecule has 6 nitrogen and oxygen atoms in total. The van der Waals surface area contributed by atoms with Crippen molar-refractivity contribution in [2.45, 2.75) is 12.8 Å². The van der Waals surface area contributed by atoms with E-state index in [4.69, 9.17) is 0 Å². The van der Waals surface area contributed by atoms with Crippen molar-refractivity contribution in [3.63, 3.8) is 0 Å². The van der Waals surface area contributed by atoms with Gasteiger partial charge in [0, 0.05) is 49.2 Å². The summed E-state index contributed by atoms with van der Waals surface area (Å²) in [6, 6.07) is 8.05. The van der Waals surface area contributed by atoms with Gasteiger partial charge in [0.1, 0.15) is 0 Å². The molecular formula is C18H19N5OS. The molecule has 2 amide bonds. The third kappa shape index (κ3) is 3.28. The number of rotatable bonds is 2. The maximum atomic E-state index is 12.3. The number of aromatic nitrogens is 3. The third-order valence-corrected chi connectivity index (χ3v) is 5.10.